The molecule has 2 aromatic heterocycles. The van der Waals surface area contributed by atoms with E-state index in [1.165, 1.54) is 12.2 Å². The minimum atomic E-state index is -0.0762. The van der Waals surface area contributed by atoms with Gasteiger partial charge in [0.05, 0.1) is 0 Å². The van der Waals surface area contributed by atoms with Crippen LogP contribution in [0.2, 0.25) is 0 Å². The number of carbonyl (C=O) groups is 2. The number of rotatable bonds is 4. The number of hydrogen-bond donors (Lipinski definition) is 0. The summed E-state index contributed by atoms with van der Waals surface area (Å²) in [5.74, 6) is 2.77. The van der Waals surface area contributed by atoms with Crippen molar-refractivity contribution in [3.8, 4) is 0 Å². The van der Waals surface area contributed by atoms with Crippen molar-refractivity contribution < 1.29 is 18.4 Å². The molecule has 0 radical (unpaired) electrons. The normalized spacial score (nSPS) is 15.3. The fourth-order valence-corrected chi connectivity index (χ4v) is 2.75. The second-order valence-electron chi connectivity index (χ2n) is 6.21. The lowest BCUT2D eigenvalue weighted by Gasteiger charge is -2.33. The lowest BCUT2D eigenvalue weighted by Crippen LogP contribution is -2.49. The van der Waals surface area contributed by atoms with E-state index in [0.717, 1.165) is 11.5 Å². The maximum absolute atomic E-state index is 12.2. The van der Waals surface area contributed by atoms with Gasteiger partial charge in [-0.25, -0.2) is 0 Å². The third kappa shape index (κ3) is 4.53. The van der Waals surface area contributed by atoms with Gasteiger partial charge in [0.2, 0.25) is 11.8 Å². The van der Waals surface area contributed by atoms with E-state index in [1.54, 1.807) is 22.0 Å². The van der Waals surface area contributed by atoms with E-state index in [9.17, 15) is 9.59 Å². The Kier molecular flexibility index (Phi) is 5.41. The number of hydrogen-bond acceptors (Lipinski definition) is 4. The van der Waals surface area contributed by atoms with Gasteiger partial charge in [0.25, 0.3) is 0 Å². The molecule has 0 N–H and O–H groups in total. The van der Waals surface area contributed by atoms with Crippen molar-refractivity contribution in [2.45, 2.75) is 13.8 Å². The summed E-state index contributed by atoms with van der Waals surface area (Å²) in [5.41, 5.74) is 0. The van der Waals surface area contributed by atoms with Gasteiger partial charge in [-0.1, -0.05) is 0 Å². The maximum Gasteiger partial charge on any atom is 0.246 e. The summed E-state index contributed by atoms with van der Waals surface area (Å²) in [4.78, 5) is 27.9. The van der Waals surface area contributed by atoms with Gasteiger partial charge < -0.3 is 18.6 Å². The van der Waals surface area contributed by atoms with Gasteiger partial charge >= 0.3 is 0 Å². The van der Waals surface area contributed by atoms with Crippen LogP contribution in [-0.2, 0) is 9.59 Å². The Morgan fingerprint density at radius 1 is 0.769 bits per heavy atom. The first-order chi connectivity index (χ1) is 12.5. The van der Waals surface area contributed by atoms with Gasteiger partial charge in [-0.2, -0.15) is 0 Å². The van der Waals surface area contributed by atoms with Crippen LogP contribution in [0.3, 0.4) is 0 Å². The number of amides is 2. The Bertz CT molecular complexity index is 765. The van der Waals surface area contributed by atoms with Crippen LogP contribution < -0.4 is 0 Å². The molecule has 26 heavy (non-hydrogen) atoms. The zero-order valence-corrected chi connectivity index (χ0v) is 15.0. The Morgan fingerprint density at radius 3 is 1.46 bits per heavy atom. The maximum atomic E-state index is 12.2. The molecular weight excluding hydrogens is 332 g/mol. The number of aryl methyl sites for hydroxylation is 2. The van der Waals surface area contributed by atoms with E-state index < -0.39 is 0 Å². The molecule has 6 nitrogen and oxygen atoms in total. The molecule has 0 atom stereocenters. The van der Waals surface area contributed by atoms with E-state index in [4.69, 9.17) is 8.83 Å². The molecule has 2 amide bonds. The molecule has 136 valence electrons. The van der Waals surface area contributed by atoms with Gasteiger partial charge in [0.15, 0.2) is 0 Å². The van der Waals surface area contributed by atoms with Crippen LogP contribution in [0.1, 0.15) is 23.0 Å². The van der Waals surface area contributed by atoms with Crippen LogP contribution in [0, 0.1) is 13.8 Å². The van der Waals surface area contributed by atoms with Crippen LogP contribution in [0.5, 0.6) is 0 Å². The summed E-state index contributed by atoms with van der Waals surface area (Å²) in [5, 5.41) is 0. The molecule has 0 aliphatic carbocycles. The van der Waals surface area contributed by atoms with Crippen LogP contribution in [0.4, 0.5) is 0 Å². The Morgan fingerprint density at radius 2 is 1.15 bits per heavy atom. The Hall–Kier alpha value is -3.02. The first-order valence-corrected chi connectivity index (χ1v) is 8.58. The summed E-state index contributed by atoms with van der Waals surface area (Å²) in [6.45, 7) is 5.77. The Labute approximate surface area is 152 Å². The van der Waals surface area contributed by atoms with Crippen LogP contribution in [0.25, 0.3) is 12.2 Å². The van der Waals surface area contributed by atoms with Gasteiger partial charge in [-0.3, -0.25) is 9.59 Å². The summed E-state index contributed by atoms with van der Waals surface area (Å²) >= 11 is 0. The molecule has 2 aromatic rings. The topological polar surface area (TPSA) is 66.9 Å². The molecule has 0 aromatic carbocycles. The molecule has 3 heterocycles. The highest BCUT2D eigenvalue weighted by atomic mass is 16.3. The predicted molar refractivity (Wildman–Crippen MR) is 98.1 cm³/mol. The third-order valence-electron chi connectivity index (χ3n) is 4.21. The van der Waals surface area contributed by atoms with Crippen molar-refractivity contribution in [3.63, 3.8) is 0 Å². The second-order valence-corrected chi connectivity index (χ2v) is 6.21. The summed E-state index contributed by atoms with van der Waals surface area (Å²) in [6.07, 6.45) is 6.35. The average molecular weight is 354 g/mol. The second kappa shape index (κ2) is 7.91. The third-order valence-corrected chi connectivity index (χ3v) is 4.21. The largest absolute Gasteiger partial charge is 0.462 e. The summed E-state index contributed by atoms with van der Waals surface area (Å²) in [7, 11) is 0. The molecule has 1 fully saturated rings. The van der Waals surface area contributed by atoms with Crippen LogP contribution in [-0.4, -0.2) is 47.8 Å². The smallest absolute Gasteiger partial charge is 0.246 e. The number of nitrogens with zero attached hydrogens (tertiary/aromatic N) is 2. The van der Waals surface area contributed by atoms with Crippen LogP contribution in [0.15, 0.2) is 45.3 Å². The van der Waals surface area contributed by atoms with Gasteiger partial charge in [0, 0.05) is 38.3 Å². The minimum absolute atomic E-state index is 0.0762. The van der Waals surface area contributed by atoms with Gasteiger partial charge in [-0.05, 0) is 50.3 Å². The molecule has 6 heteroatoms. The average Bonchev–Trinajstić information content (AvgIpc) is 3.25. The monoisotopic (exact) mass is 354 g/mol. The molecule has 0 bridgehead atoms. The molecule has 0 saturated carbocycles. The SMILES string of the molecule is Cc1ccc(C=CC(=O)N2CCN(C(=O)C=Cc3ccc(C)o3)CC2)o1. The zero-order valence-electron chi connectivity index (χ0n) is 15.0. The predicted octanol–water partition coefficient (Wildman–Crippen LogP) is 2.89. The summed E-state index contributed by atoms with van der Waals surface area (Å²) in [6, 6.07) is 7.35. The van der Waals surface area contributed by atoms with Crippen molar-refractivity contribution in [1.82, 2.24) is 9.80 Å². The highest BCUT2D eigenvalue weighted by Crippen LogP contribution is 2.11. The quantitative estimate of drug-likeness (QED) is 0.792. The first-order valence-electron chi connectivity index (χ1n) is 8.58. The highest BCUT2D eigenvalue weighted by molar-refractivity contribution is 5.93. The first kappa shape index (κ1) is 17.8. The van der Waals surface area contributed by atoms with Crippen molar-refractivity contribution in [1.29, 1.82) is 0 Å². The van der Waals surface area contributed by atoms with Gasteiger partial charge in [0.1, 0.15) is 23.0 Å². The molecule has 1 saturated heterocycles. The van der Waals surface area contributed by atoms with Crippen molar-refractivity contribution in [2.24, 2.45) is 0 Å². The zero-order chi connectivity index (χ0) is 18.5. The standard InChI is InChI=1S/C20H22N2O4/c1-15-3-5-17(25-15)7-9-19(23)21-11-13-22(14-12-21)20(24)10-8-18-6-4-16(2)26-18/h3-10H,11-14H2,1-2H3. The molecule has 0 unspecified atom stereocenters. The number of carbonyl (C=O) groups excluding carboxylic acids is 2. The van der Waals surface area contributed by atoms with E-state index in [0.29, 0.717) is 37.7 Å². The van der Waals surface area contributed by atoms with E-state index in [1.807, 2.05) is 38.1 Å². The molecule has 1 aliphatic heterocycles. The van der Waals surface area contributed by atoms with Gasteiger partial charge in [-0.15, -0.1) is 0 Å². The van der Waals surface area contributed by atoms with Crippen molar-refractivity contribution in [3.05, 3.63) is 59.5 Å². The lowest BCUT2D eigenvalue weighted by atomic mass is 10.2. The van der Waals surface area contributed by atoms with E-state index in [-0.39, 0.29) is 11.8 Å². The van der Waals surface area contributed by atoms with Crippen molar-refractivity contribution in [2.75, 3.05) is 26.2 Å². The fourth-order valence-electron chi connectivity index (χ4n) is 2.75. The Balaban J connectivity index is 1.48. The highest BCUT2D eigenvalue weighted by Gasteiger charge is 2.21. The molecular formula is C20H22N2O4. The van der Waals surface area contributed by atoms with E-state index >= 15 is 0 Å². The molecule has 1 aliphatic rings. The van der Waals surface area contributed by atoms with Crippen LogP contribution >= 0.6 is 0 Å². The number of furan rings is 2. The number of piperazine rings is 1. The fraction of sp³-hybridized carbons (Fsp3) is 0.300. The van der Waals surface area contributed by atoms with Crippen molar-refractivity contribution >= 4 is 24.0 Å². The molecule has 0 spiro atoms. The lowest BCUT2D eigenvalue weighted by molar-refractivity contribution is -0.133. The molecule has 3 rings (SSSR count). The summed E-state index contributed by atoms with van der Waals surface area (Å²) < 4.78 is 10.8. The minimum Gasteiger partial charge on any atom is -0.462 e. The van der Waals surface area contributed by atoms with E-state index in [2.05, 4.69) is 0 Å².